The maximum Gasteiger partial charge on any atom is 0.256 e. The van der Waals surface area contributed by atoms with Gasteiger partial charge < -0.3 is 19.9 Å². The lowest BCUT2D eigenvalue weighted by Gasteiger charge is -2.28. The van der Waals surface area contributed by atoms with E-state index < -0.39 is 0 Å². The fraction of sp³-hybridized carbons (Fsp3) is 0.650. The van der Waals surface area contributed by atoms with Crippen LogP contribution in [0, 0.1) is 0 Å². The number of fused-ring (bicyclic) bond motifs is 1. The third kappa shape index (κ3) is 3.82. The number of aryl methyl sites for hydroxylation is 1. The summed E-state index contributed by atoms with van der Waals surface area (Å²) in [4.78, 5) is 17.7. The largest absolute Gasteiger partial charge is 0.384 e. The number of rotatable bonds is 3. The molecule has 0 spiro atoms. The lowest BCUT2D eigenvalue weighted by molar-refractivity contribution is 0.0298. The Labute approximate surface area is 150 Å². The highest BCUT2D eigenvalue weighted by molar-refractivity contribution is 6.00. The zero-order chi connectivity index (χ0) is 17.1. The maximum absolute atomic E-state index is 13.2. The quantitative estimate of drug-likeness (QED) is 0.915. The number of ether oxygens (including phenoxy) is 1. The van der Waals surface area contributed by atoms with Crippen LogP contribution in [0.3, 0.4) is 0 Å². The Morgan fingerprint density at radius 1 is 1.16 bits per heavy atom. The molecule has 0 bridgehead atoms. The van der Waals surface area contributed by atoms with Gasteiger partial charge in [-0.05, 0) is 56.8 Å². The average molecular weight is 343 g/mol. The van der Waals surface area contributed by atoms with E-state index in [2.05, 4.69) is 16.3 Å². The van der Waals surface area contributed by atoms with E-state index in [4.69, 9.17) is 4.74 Å². The highest BCUT2D eigenvalue weighted by atomic mass is 16.5. The molecule has 0 aromatic heterocycles. The molecule has 1 amide bonds. The van der Waals surface area contributed by atoms with E-state index in [1.54, 1.807) is 0 Å². The molecule has 3 heterocycles. The summed E-state index contributed by atoms with van der Waals surface area (Å²) < 4.78 is 6.04. The van der Waals surface area contributed by atoms with Gasteiger partial charge in [0.15, 0.2) is 0 Å². The fourth-order valence-corrected chi connectivity index (χ4v) is 4.30. The molecule has 2 fully saturated rings. The Morgan fingerprint density at radius 2 is 2.04 bits per heavy atom. The topological polar surface area (TPSA) is 44.8 Å². The van der Waals surface area contributed by atoms with Crippen LogP contribution in [-0.2, 0) is 11.2 Å². The van der Waals surface area contributed by atoms with Crippen LogP contribution >= 0.6 is 0 Å². The first-order valence-electron chi connectivity index (χ1n) is 9.80. The minimum atomic E-state index is 0.136. The number of hydrogen-bond donors (Lipinski definition) is 1. The van der Waals surface area contributed by atoms with Crippen molar-refractivity contribution in [1.29, 1.82) is 0 Å². The first-order valence-corrected chi connectivity index (χ1v) is 9.80. The maximum atomic E-state index is 13.2. The molecular formula is C20H29N3O2. The van der Waals surface area contributed by atoms with Crippen molar-refractivity contribution in [1.82, 2.24) is 9.80 Å². The Kier molecular flexibility index (Phi) is 5.22. The van der Waals surface area contributed by atoms with Crippen LogP contribution in [0.1, 0.15) is 41.6 Å². The van der Waals surface area contributed by atoms with Crippen molar-refractivity contribution in [2.45, 2.75) is 38.2 Å². The summed E-state index contributed by atoms with van der Waals surface area (Å²) in [7, 11) is 0. The molecule has 0 aliphatic carbocycles. The predicted molar refractivity (Wildman–Crippen MR) is 99.2 cm³/mol. The number of nitrogens with zero attached hydrogens (tertiary/aromatic N) is 2. The van der Waals surface area contributed by atoms with Crippen LogP contribution in [0.5, 0.6) is 0 Å². The highest BCUT2D eigenvalue weighted by Gasteiger charge is 2.28. The molecule has 0 unspecified atom stereocenters. The van der Waals surface area contributed by atoms with E-state index in [0.717, 1.165) is 56.8 Å². The van der Waals surface area contributed by atoms with Crippen LogP contribution in [-0.4, -0.2) is 67.7 Å². The van der Waals surface area contributed by atoms with Crippen molar-refractivity contribution in [3.05, 3.63) is 29.3 Å². The monoisotopic (exact) mass is 343 g/mol. The molecule has 0 radical (unpaired) electrons. The van der Waals surface area contributed by atoms with Gasteiger partial charge in [0, 0.05) is 32.8 Å². The van der Waals surface area contributed by atoms with Gasteiger partial charge in [-0.1, -0.05) is 12.1 Å². The Balaban J connectivity index is 1.48. The molecule has 1 N–H and O–H groups in total. The predicted octanol–water partition coefficient (Wildman–Crippen LogP) is 2.37. The SMILES string of the molecule is O=C(c1cccc2c1NCCC2)N1CCCO[C@H](CN2CCCC2)C1. The van der Waals surface area contributed by atoms with Crippen molar-refractivity contribution < 1.29 is 9.53 Å². The van der Waals surface area contributed by atoms with Crippen LogP contribution in [0.2, 0.25) is 0 Å². The summed E-state index contributed by atoms with van der Waals surface area (Å²) in [6.07, 6.45) is 5.83. The summed E-state index contributed by atoms with van der Waals surface area (Å²) in [6.45, 7) is 6.51. The summed E-state index contributed by atoms with van der Waals surface area (Å²) in [5.74, 6) is 0.156. The summed E-state index contributed by atoms with van der Waals surface area (Å²) in [5.41, 5.74) is 3.16. The molecule has 3 aliphatic heterocycles. The minimum absolute atomic E-state index is 0.136. The van der Waals surface area contributed by atoms with Crippen molar-refractivity contribution in [3.63, 3.8) is 0 Å². The second-order valence-corrected chi connectivity index (χ2v) is 7.48. The molecule has 1 aromatic carbocycles. The Morgan fingerprint density at radius 3 is 2.92 bits per heavy atom. The lowest BCUT2D eigenvalue weighted by Crippen LogP contribution is -2.42. The van der Waals surface area contributed by atoms with E-state index >= 15 is 0 Å². The molecule has 5 heteroatoms. The number of nitrogens with one attached hydrogen (secondary N) is 1. The van der Waals surface area contributed by atoms with Gasteiger partial charge in [-0.2, -0.15) is 0 Å². The minimum Gasteiger partial charge on any atom is -0.384 e. The number of para-hydroxylation sites is 1. The second kappa shape index (κ2) is 7.75. The molecule has 2 saturated heterocycles. The number of benzene rings is 1. The molecule has 4 rings (SSSR count). The van der Waals surface area contributed by atoms with E-state index in [1.165, 1.54) is 31.5 Å². The van der Waals surface area contributed by atoms with E-state index in [9.17, 15) is 4.79 Å². The first kappa shape index (κ1) is 16.9. The van der Waals surface area contributed by atoms with Gasteiger partial charge in [-0.15, -0.1) is 0 Å². The number of carbonyl (C=O) groups excluding carboxylic acids is 1. The zero-order valence-corrected chi connectivity index (χ0v) is 15.0. The van der Waals surface area contributed by atoms with Crippen molar-refractivity contribution in [2.24, 2.45) is 0 Å². The van der Waals surface area contributed by atoms with Crippen LogP contribution < -0.4 is 5.32 Å². The Bertz CT molecular complexity index is 613. The van der Waals surface area contributed by atoms with E-state index in [-0.39, 0.29) is 12.0 Å². The number of likely N-dealkylation sites (tertiary alicyclic amines) is 1. The zero-order valence-electron chi connectivity index (χ0n) is 15.0. The van der Waals surface area contributed by atoms with Crippen molar-refractivity contribution in [2.75, 3.05) is 51.2 Å². The highest BCUT2D eigenvalue weighted by Crippen LogP contribution is 2.27. The number of amides is 1. The van der Waals surface area contributed by atoms with Crippen LogP contribution in [0.15, 0.2) is 18.2 Å². The smallest absolute Gasteiger partial charge is 0.256 e. The van der Waals surface area contributed by atoms with E-state index in [0.29, 0.717) is 6.54 Å². The number of anilines is 1. The standard InChI is InChI=1S/C20H29N3O2/c24-20(18-8-3-6-16-7-4-9-21-19(16)18)23-12-5-13-25-17(15-23)14-22-10-1-2-11-22/h3,6,8,17,21H,1-2,4-5,7,9-15H2/t17-/m1/s1. The summed E-state index contributed by atoms with van der Waals surface area (Å²) in [5, 5.41) is 3.45. The molecule has 0 saturated carbocycles. The van der Waals surface area contributed by atoms with Gasteiger partial charge in [0.05, 0.1) is 17.4 Å². The molecule has 25 heavy (non-hydrogen) atoms. The normalized spacial score (nSPS) is 24.5. The van der Waals surface area contributed by atoms with Gasteiger partial charge >= 0.3 is 0 Å². The molecule has 1 aromatic rings. The first-order chi connectivity index (χ1) is 12.3. The molecular weight excluding hydrogens is 314 g/mol. The Hall–Kier alpha value is -1.59. The average Bonchev–Trinajstić information content (AvgIpc) is 3.04. The van der Waals surface area contributed by atoms with E-state index in [1.807, 2.05) is 17.0 Å². The van der Waals surface area contributed by atoms with Crippen LogP contribution in [0.4, 0.5) is 5.69 Å². The summed E-state index contributed by atoms with van der Waals surface area (Å²) in [6, 6.07) is 6.13. The van der Waals surface area contributed by atoms with Gasteiger partial charge in [0.2, 0.25) is 0 Å². The summed E-state index contributed by atoms with van der Waals surface area (Å²) >= 11 is 0. The third-order valence-electron chi connectivity index (χ3n) is 5.60. The molecule has 5 nitrogen and oxygen atoms in total. The molecule has 136 valence electrons. The third-order valence-corrected chi connectivity index (χ3v) is 5.60. The van der Waals surface area contributed by atoms with Crippen molar-refractivity contribution in [3.8, 4) is 0 Å². The van der Waals surface area contributed by atoms with Gasteiger partial charge in [-0.25, -0.2) is 0 Å². The van der Waals surface area contributed by atoms with Gasteiger partial charge in [-0.3, -0.25) is 4.79 Å². The van der Waals surface area contributed by atoms with Gasteiger partial charge in [0.1, 0.15) is 0 Å². The fourth-order valence-electron chi connectivity index (χ4n) is 4.30. The van der Waals surface area contributed by atoms with Gasteiger partial charge in [0.25, 0.3) is 5.91 Å². The molecule has 3 aliphatic rings. The number of carbonyl (C=O) groups is 1. The van der Waals surface area contributed by atoms with Crippen LogP contribution in [0.25, 0.3) is 0 Å². The molecule has 1 atom stereocenters. The second-order valence-electron chi connectivity index (χ2n) is 7.48. The lowest BCUT2D eigenvalue weighted by atomic mass is 9.98. The number of hydrogen-bond acceptors (Lipinski definition) is 4. The van der Waals surface area contributed by atoms with Crippen molar-refractivity contribution >= 4 is 11.6 Å².